The lowest BCUT2D eigenvalue weighted by Gasteiger charge is -2.38. The van der Waals surface area contributed by atoms with Crippen molar-refractivity contribution < 1.29 is 40.8 Å². The van der Waals surface area contributed by atoms with Crippen LogP contribution in [0.25, 0.3) is 0 Å². The summed E-state index contributed by atoms with van der Waals surface area (Å²) in [5.74, 6) is -0.188. The second-order valence-electron chi connectivity index (χ2n) is 6.98. The van der Waals surface area contributed by atoms with Crippen LogP contribution in [0.3, 0.4) is 0 Å². The van der Waals surface area contributed by atoms with Crippen molar-refractivity contribution in [1.82, 2.24) is 0 Å². The van der Waals surface area contributed by atoms with Gasteiger partial charge in [-0.3, -0.25) is 14.9 Å². The number of hydrogen-bond donors (Lipinski definition) is 0. The highest BCUT2D eigenvalue weighted by Crippen LogP contribution is 2.56. The van der Waals surface area contributed by atoms with Crippen molar-refractivity contribution in [3.05, 3.63) is 99.6 Å². The predicted octanol–water partition coefficient (Wildman–Crippen LogP) is 7.18. The minimum atomic E-state index is -5.82. The minimum absolute atomic E-state index is 0.0406. The van der Waals surface area contributed by atoms with Crippen LogP contribution in [0.5, 0.6) is 11.5 Å². The molecule has 5 nitrogen and oxygen atoms in total. The largest absolute Gasteiger partial charge is 0.457 e. The number of ether oxygens (including phenoxy) is 1. The average molecular weight is 504 g/mol. The molecule has 0 unspecified atom stereocenters. The Hall–Kier alpha value is -3.60. The fourth-order valence-corrected chi connectivity index (χ4v) is 3.53. The van der Waals surface area contributed by atoms with Crippen LogP contribution >= 0.6 is 11.6 Å². The van der Waals surface area contributed by atoms with Crippen molar-refractivity contribution in [2.45, 2.75) is 17.8 Å². The van der Waals surface area contributed by atoms with Crippen molar-refractivity contribution in [3.63, 3.8) is 0 Å². The first-order valence-electron chi connectivity index (χ1n) is 9.24. The molecule has 0 aromatic heterocycles. The first-order valence-corrected chi connectivity index (χ1v) is 9.62. The Balaban J connectivity index is 2.09. The highest BCUT2D eigenvalue weighted by atomic mass is 35.5. The molecule has 0 aliphatic rings. The molecule has 0 spiro atoms. The van der Waals surface area contributed by atoms with Gasteiger partial charge in [-0.25, -0.2) is 0 Å². The third-order valence-electron chi connectivity index (χ3n) is 4.95. The summed E-state index contributed by atoms with van der Waals surface area (Å²) in [5, 5.41) is 9.81. The summed E-state index contributed by atoms with van der Waals surface area (Å²) in [6.45, 7) is 0. The van der Waals surface area contributed by atoms with Crippen LogP contribution in [0.4, 0.5) is 32.0 Å². The molecule has 0 saturated heterocycles. The van der Waals surface area contributed by atoms with Gasteiger partial charge in [0.25, 0.3) is 10.9 Å². The summed E-state index contributed by atoms with van der Waals surface area (Å²) in [7, 11) is 0. The zero-order valence-corrected chi connectivity index (χ0v) is 17.4. The first-order chi connectivity index (χ1) is 15.8. The molecule has 0 amide bonds. The molecular formula is C22H12ClF6NO4. The SMILES string of the molecule is O=C(Cl)c1ccc(C(c2ccc(Oc3cccc([N+](=O)[O-])c3)cc2)(C(F)(F)F)C(F)(F)F)cc1. The molecule has 0 saturated carbocycles. The summed E-state index contributed by atoms with van der Waals surface area (Å²) < 4.78 is 90.3. The summed E-state index contributed by atoms with van der Waals surface area (Å²) in [6.07, 6.45) is -11.6. The number of benzene rings is 3. The molecule has 12 heteroatoms. The molecule has 3 aromatic rings. The lowest BCUT2D eigenvalue weighted by molar-refractivity contribution is -0.384. The van der Waals surface area contributed by atoms with Gasteiger partial charge in [-0.05, 0) is 53.1 Å². The fraction of sp³-hybridized carbons (Fsp3) is 0.136. The monoisotopic (exact) mass is 503 g/mol. The van der Waals surface area contributed by atoms with Crippen LogP contribution in [-0.2, 0) is 5.41 Å². The lowest BCUT2D eigenvalue weighted by atomic mass is 9.72. The van der Waals surface area contributed by atoms with E-state index in [1.54, 1.807) is 0 Å². The van der Waals surface area contributed by atoms with Crippen LogP contribution in [-0.4, -0.2) is 22.5 Å². The van der Waals surface area contributed by atoms with E-state index >= 15 is 0 Å². The van der Waals surface area contributed by atoms with Crippen LogP contribution in [0.2, 0.25) is 0 Å². The van der Waals surface area contributed by atoms with Gasteiger partial charge >= 0.3 is 12.4 Å². The molecule has 0 aliphatic carbocycles. The molecule has 0 N–H and O–H groups in total. The molecule has 0 aliphatic heterocycles. The van der Waals surface area contributed by atoms with E-state index in [1.807, 2.05) is 0 Å². The maximum Gasteiger partial charge on any atom is 0.411 e. The number of non-ortho nitro benzene ring substituents is 1. The van der Waals surface area contributed by atoms with E-state index in [4.69, 9.17) is 16.3 Å². The van der Waals surface area contributed by atoms with Gasteiger partial charge in [0.2, 0.25) is 5.41 Å². The number of rotatable bonds is 6. The molecular weight excluding hydrogens is 492 g/mol. The van der Waals surface area contributed by atoms with Gasteiger partial charge in [0, 0.05) is 11.6 Å². The Morgan fingerprint density at radius 2 is 1.29 bits per heavy atom. The van der Waals surface area contributed by atoms with Crippen LogP contribution in [0.15, 0.2) is 72.8 Å². The Morgan fingerprint density at radius 1 is 0.794 bits per heavy atom. The van der Waals surface area contributed by atoms with Gasteiger partial charge in [-0.1, -0.05) is 30.3 Å². The first kappa shape index (κ1) is 25.0. The second-order valence-corrected chi connectivity index (χ2v) is 7.32. The summed E-state index contributed by atoms with van der Waals surface area (Å²) in [5.41, 5.74) is -7.33. The number of hydrogen-bond acceptors (Lipinski definition) is 4. The Labute approximate surface area is 192 Å². The van der Waals surface area contributed by atoms with Crippen molar-refractivity contribution in [3.8, 4) is 11.5 Å². The molecule has 34 heavy (non-hydrogen) atoms. The molecule has 0 heterocycles. The topological polar surface area (TPSA) is 69.4 Å². The maximum atomic E-state index is 14.2. The van der Waals surface area contributed by atoms with Gasteiger partial charge in [0.15, 0.2) is 0 Å². The molecule has 3 rings (SSSR count). The van der Waals surface area contributed by atoms with Gasteiger partial charge in [0.1, 0.15) is 11.5 Å². The fourth-order valence-electron chi connectivity index (χ4n) is 3.40. The summed E-state index contributed by atoms with van der Waals surface area (Å²) in [4.78, 5) is 21.3. The standard InChI is InChI=1S/C22H12ClF6NO4/c23-19(31)13-4-6-14(7-5-13)20(21(24,25)26,22(27,28)29)15-8-10-17(11-9-15)34-18-3-1-2-16(12-18)30(32)33/h1-12H. The van der Waals surface area contributed by atoms with Crippen LogP contribution in [0.1, 0.15) is 21.5 Å². The number of halogens is 7. The van der Waals surface area contributed by atoms with E-state index in [0.29, 0.717) is 24.3 Å². The Bertz CT molecular complexity index is 1190. The van der Waals surface area contributed by atoms with Crippen molar-refractivity contribution in [1.29, 1.82) is 0 Å². The van der Waals surface area contributed by atoms with Crippen LogP contribution < -0.4 is 4.74 Å². The smallest absolute Gasteiger partial charge is 0.411 e. The van der Waals surface area contributed by atoms with E-state index < -0.39 is 39.1 Å². The molecule has 0 atom stereocenters. The number of alkyl halides is 6. The third kappa shape index (κ3) is 4.56. The zero-order valence-electron chi connectivity index (χ0n) is 16.7. The maximum absolute atomic E-state index is 14.2. The van der Waals surface area contributed by atoms with Crippen molar-refractivity contribution >= 4 is 22.5 Å². The number of nitro benzene ring substituents is 1. The summed E-state index contributed by atoms with van der Waals surface area (Å²) >= 11 is 5.24. The Morgan fingerprint density at radius 3 is 1.74 bits per heavy atom. The van der Waals surface area contributed by atoms with Crippen molar-refractivity contribution in [2.75, 3.05) is 0 Å². The quantitative estimate of drug-likeness (QED) is 0.155. The summed E-state index contributed by atoms with van der Waals surface area (Å²) in [6, 6.07) is 10.5. The number of nitrogens with zero attached hydrogens (tertiary/aromatic N) is 1. The normalized spacial score (nSPS) is 12.3. The molecule has 178 valence electrons. The van der Waals surface area contributed by atoms with Gasteiger partial charge in [0.05, 0.1) is 11.0 Å². The van der Waals surface area contributed by atoms with Crippen molar-refractivity contribution in [2.24, 2.45) is 0 Å². The Kier molecular flexibility index (Phi) is 6.61. The van der Waals surface area contributed by atoms with E-state index in [-0.39, 0.29) is 22.7 Å². The van der Waals surface area contributed by atoms with E-state index in [9.17, 15) is 41.3 Å². The van der Waals surface area contributed by atoms with E-state index in [0.717, 1.165) is 30.3 Å². The number of carbonyl (C=O) groups is 1. The highest BCUT2D eigenvalue weighted by molar-refractivity contribution is 6.67. The van der Waals surface area contributed by atoms with Gasteiger partial charge in [-0.15, -0.1) is 0 Å². The predicted molar refractivity (Wildman–Crippen MR) is 109 cm³/mol. The molecule has 0 bridgehead atoms. The zero-order chi connectivity index (χ0) is 25.3. The molecule has 0 radical (unpaired) electrons. The van der Waals surface area contributed by atoms with E-state index in [1.165, 1.54) is 18.2 Å². The molecule has 0 fully saturated rings. The number of nitro groups is 1. The van der Waals surface area contributed by atoms with Gasteiger partial charge in [-0.2, -0.15) is 26.3 Å². The average Bonchev–Trinajstić information content (AvgIpc) is 2.74. The second kappa shape index (κ2) is 8.98. The highest BCUT2D eigenvalue weighted by Gasteiger charge is 2.72. The molecule has 3 aromatic carbocycles. The minimum Gasteiger partial charge on any atom is -0.457 e. The van der Waals surface area contributed by atoms with E-state index in [2.05, 4.69) is 0 Å². The van der Waals surface area contributed by atoms with Crippen LogP contribution in [0, 0.1) is 10.1 Å². The lowest BCUT2D eigenvalue weighted by Crippen LogP contribution is -2.54. The third-order valence-corrected chi connectivity index (χ3v) is 5.16. The van der Waals surface area contributed by atoms with Gasteiger partial charge < -0.3 is 4.74 Å². The number of carbonyl (C=O) groups excluding carboxylic acids is 1.